The van der Waals surface area contributed by atoms with E-state index in [0.29, 0.717) is 23.0 Å². The number of rotatable bonds is 5. The van der Waals surface area contributed by atoms with Crippen LogP contribution in [-0.4, -0.2) is 31.8 Å². The molecule has 0 unspecified atom stereocenters. The van der Waals surface area contributed by atoms with Crippen LogP contribution in [0.15, 0.2) is 22.4 Å². The first kappa shape index (κ1) is 16.6. The summed E-state index contributed by atoms with van der Waals surface area (Å²) in [6.07, 6.45) is 3.08. The van der Waals surface area contributed by atoms with E-state index in [9.17, 15) is 14.4 Å². The molecule has 0 bridgehead atoms. The van der Waals surface area contributed by atoms with Gasteiger partial charge in [-0.3, -0.25) is 18.9 Å². The number of amides is 3. The first-order valence-electron chi connectivity index (χ1n) is 7.90. The average Bonchev–Trinajstić information content (AvgIpc) is 3.05. The van der Waals surface area contributed by atoms with Crippen LogP contribution in [0.2, 0.25) is 0 Å². The second-order valence-electron chi connectivity index (χ2n) is 6.73. The molecule has 8 heteroatoms. The summed E-state index contributed by atoms with van der Waals surface area (Å²) < 4.78 is 1.44. The van der Waals surface area contributed by atoms with Gasteiger partial charge in [0, 0.05) is 17.6 Å². The second-order valence-corrected chi connectivity index (χ2v) is 7.60. The Morgan fingerprint density at radius 3 is 2.79 bits per heavy atom. The number of hydrogen-bond donors (Lipinski definition) is 1. The van der Waals surface area contributed by atoms with E-state index >= 15 is 0 Å². The predicted octanol–water partition coefficient (Wildman–Crippen LogP) is 2.00. The van der Waals surface area contributed by atoms with Crippen molar-refractivity contribution in [3.63, 3.8) is 0 Å². The number of aromatic nitrogens is 2. The molecule has 2 aromatic rings. The third-order valence-electron chi connectivity index (χ3n) is 4.24. The number of thiazole rings is 1. The lowest BCUT2D eigenvalue weighted by molar-refractivity contribution is -0.131. The minimum atomic E-state index is -0.885. The van der Waals surface area contributed by atoms with Crippen molar-refractivity contribution in [1.29, 1.82) is 0 Å². The fraction of sp³-hybridized carbons (Fsp3) is 0.500. The van der Waals surface area contributed by atoms with Crippen molar-refractivity contribution in [1.82, 2.24) is 19.6 Å². The Morgan fingerprint density at radius 2 is 2.08 bits per heavy atom. The fourth-order valence-corrected chi connectivity index (χ4v) is 3.51. The largest absolute Gasteiger partial charge is 0.325 e. The summed E-state index contributed by atoms with van der Waals surface area (Å²) >= 11 is 1.33. The Hall–Kier alpha value is -2.22. The zero-order valence-corrected chi connectivity index (χ0v) is 14.7. The van der Waals surface area contributed by atoms with Gasteiger partial charge < -0.3 is 5.32 Å². The monoisotopic (exact) mass is 348 g/mol. The lowest BCUT2D eigenvalue weighted by atomic mass is 9.92. The first-order valence-corrected chi connectivity index (χ1v) is 8.78. The van der Waals surface area contributed by atoms with E-state index in [1.165, 1.54) is 21.8 Å². The molecule has 1 N–H and O–H groups in total. The smallest absolute Gasteiger partial charge is 0.323 e. The van der Waals surface area contributed by atoms with Gasteiger partial charge in [-0.1, -0.05) is 13.8 Å². The summed E-state index contributed by atoms with van der Waals surface area (Å²) in [5.74, 6) is 0.185. The molecule has 0 spiro atoms. The molecular formula is C16H20N4O3S. The average molecular weight is 348 g/mol. The first-order chi connectivity index (χ1) is 11.3. The number of nitrogens with zero attached hydrogens (tertiary/aromatic N) is 3. The lowest BCUT2D eigenvalue weighted by Crippen LogP contribution is -2.44. The highest BCUT2D eigenvalue weighted by atomic mass is 32.1. The number of imide groups is 1. The fourth-order valence-electron chi connectivity index (χ4n) is 2.77. The highest BCUT2D eigenvalue weighted by molar-refractivity contribution is 7.15. The van der Waals surface area contributed by atoms with E-state index in [0.717, 1.165) is 11.3 Å². The number of nitrogens with one attached hydrogen (secondary N) is 1. The van der Waals surface area contributed by atoms with E-state index in [4.69, 9.17) is 0 Å². The van der Waals surface area contributed by atoms with Gasteiger partial charge in [0.25, 0.3) is 11.5 Å². The van der Waals surface area contributed by atoms with Gasteiger partial charge in [0.05, 0.1) is 12.2 Å². The topological polar surface area (TPSA) is 83.8 Å². The number of carbonyl (C=O) groups excluding carboxylic acids is 2. The highest BCUT2D eigenvalue weighted by Gasteiger charge is 2.47. The molecule has 0 radical (unpaired) electrons. The Bertz CT molecular complexity index is 856. The van der Waals surface area contributed by atoms with Crippen LogP contribution in [0.4, 0.5) is 4.79 Å². The molecule has 1 aliphatic heterocycles. The van der Waals surface area contributed by atoms with Crippen molar-refractivity contribution in [2.75, 3.05) is 0 Å². The van der Waals surface area contributed by atoms with Crippen LogP contribution in [-0.2, 0) is 11.3 Å². The maximum absolute atomic E-state index is 12.7. The SMILES string of the molecule is CC(C)CC[C@@]1(C)NC(=O)N(Cc2cc(=O)n3ccsc3n2)C1=O. The summed E-state index contributed by atoms with van der Waals surface area (Å²) in [5.41, 5.74) is -0.686. The van der Waals surface area contributed by atoms with Gasteiger partial charge in [0.15, 0.2) is 4.96 Å². The molecular weight excluding hydrogens is 328 g/mol. The quantitative estimate of drug-likeness (QED) is 0.838. The van der Waals surface area contributed by atoms with Gasteiger partial charge in [-0.25, -0.2) is 9.78 Å². The third-order valence-corrected chi connectivity index (χ3v) is 5.00. The number of fused-ring (bicyclic) bond motifs is 1. The highest BCUT2D eigenvalue weighted by Crippen LogP contribution is 2.25. The lowest BCUT2D eigenvalue weighted by Gasteiger charge is -2.22. The number of carbonyl (C=O) groups is 2. The summed E-state index contributed by atoms with van der Waals surface area (Å²) in [6.45, 7) is 5.91. The normalized spacial score (nSPS) is 21.1. The van der Waals surface area contributed by atoms with Crippen LogP contribution in [0.1, 0.15) is 39.3 Å². The molecule has 24 heavy (non-hydrogen) atoms. The molecule has 3 heterocycles. The van der Waals surface area contributed by atoms with E-state index in [2.05, 4.69) is 24.1 Å². The Morgan fingerprint density at radius 1 is 1.33 bits per heavy atom. The van der Waals surface area contributed by atoms with Crippen molar-refractivity contribution in [3.05, 3.63) is 33.7 Å². The van der Waals surface area contributed by atoms with Crippen molar-refractivity contribution in [2.45, 2.75) is 45.7 Å². The zero-order chi connectivity index (χ0) is 17.5. The summed E-state index contributed by atoms with van der Waals surface area (Å²) in [7, 11) is 0. The van der Waals surface area contributed by atoms with Gasteiger partial charge in [0.1, 0.15) is 5.54 Å². The summed E-state index contributed by atoms with van der Waals surface area (Å²) in [4.78, 5) is 43.0. The van der Waals surface area contributed by atoms with Crippen LogP contribution < -0.4 is 10.9 Å². The maximum atomic E-state index is 12.7. The zero-order valence-electron chi connectivity index (χ0n) is 13.9. The summed E-state index contributed by atoms with van der Waals surface area (Å²) in [5, 5.41) is 4.55. The standard InChI is InChI=1S/C16H20N4O3S/c1-10(2)4-5-16(3)13(22)20(14(23)18-16)9-11-8-12(21)19-6-7-24-15(19)17-11/h6-8,10H,4-5,9H2,1-3H3,(H,18,23)/t16-/m1/s1. The van der Waals surface area contributed by atoms with Crippen LogP contribution in [0.25, 0.3) is 4.96 Å². The Kier molecular flexibility index (Phi) is 4.16. The van der Waals surface area contributed by atoms with E-state index in [1.54, 1.807) is 18.5 Å². The minimum Gasteiger partial charge on any atom is -0.323 e. The molecule has 2 aromatic heterocycles. The molecule has 3 amide bonds. The van der Waals surface area contributed by atoms with Gasteiger partial charge in [-0.05, 0) is 25.7 Å². The van der Waals surface area contributed by atoms with Crippen LogP contribution in [0.3, 0.4) is 0 Å². The van der Waals surface area contributed by atoms with Crippen molar-refractivity contribution >= 4 is 28.2 Å². The van der Waals surface area contributed by atoms with Gasteiger partial charge in [-0.2, -0.15) is 0 Å². The van der Waals surface area contributed by atoms with Crippen LogP contribution in [0, 0.1) is 5.92 Å². The van der Waals surface area contributed by atoms with Gasteiger partial charge in [-0.15, -0.1) is 11.3 Å². The number of hydrogen-bond acceptors (Lipinski definition) is 5. The molecule has 7 nitrogen and oxygen atoms in total. The molecule has 0 aliphatic carbocycles. The molecule has 1 aliphatic rings. The van der Waals surface area contributed by atoms with Gasteiger partial charge in [0.2, 0.25) is 0 Å². The van der Waals surface area contributed by atoms with E-state index in [1.807, 2.05) is 0 Å². The molecule has 0 saturated carbocycles. The third kappa shape index (κ3) is 2.93. The second kappa shape index (κ2) is 6.01. The van der Waals surface area contributed by atoms with Crippen LogP contribution >= 0.6 is 11.3 Å². The summed E-state index contributed by atoms with van der Waals surface area (Å²) in [6, 6.07) is 0.934. The molecule has 1 saturated heterocycles. The molecule has 0 aromatic carbocycles. The van der Waals surface area contributed by atoms with E-state index in [-0.39, 0.29) is 18.0 Å². The molecule has 128 valence electrons. The number of urea groups is 1. The predicted molar refractivity (Wildman–Crippen MR) is 90.9 cm³/mol. The maximum Gasteiger partial charge on any atom is 0.325 e. The van der Waals surface area contributed by atoms with Crippen molar-refractivity contribution in [3.8, 4) is 0 Å². The Labute approximate surface area is 143 Å². The van der Waals surface area contributed by atoms with E-state index < -0.39 is 11.6 Å². The van der Waals surface area contributed by atoms with Gasteiger partial charge >= 0.3 is 6.03 Å². The Balaban J connectivity index is 1.82. The minimum absolute atomic E-state index is 0.00553. The molecule has 1 fully saturated rings. The van der Waals surface area contributed by atoms with Crippen molar-refractivity contribution in [2.24, 2.45) is 5.92 Å². The van der Waals surface area contributed by atoms with Crippen molar-refractivity contribution < 1.29 is 9.59 Å². The van der Waals surface area contributed by atoms with Crippen LogP contribution in [0.5, 0.6) is 0 Å². The molecule has 1 atom stereocenters. The molecule has 3 rings (SSSR count).